The second-order valence-corrected chi connectivity index (χ2v) is 5.68. The Labute approximate surface area is 142 Å². The zero-order valence-corrected chi connectivity index (χ0v) is 12.9. The Morgan fingerprint density at radius 2 is 2.15 bits per heavy atom. The molecular formula is C11H14FN9O5. The molecule has 5 atom stereocenters. The molecule has 1 saturated heterocycles. The molecule has 0 aromatic carbocycles. The van der Waals surface area contributed by atoms with Crippen LogP contribution in [-0.4, -0.2) is 77.6 Å². The van der Waals surface area contributed by atoms with Crippen LogP contribution in [0.1, 0.15) is 16.7 Å². The molecule has 0 saturated carbocycles. The number of aromatic amines is 2. The van der Waals surface area contributed by atoms with E-state index >= 15 is 0 Å². The average molecular weight is 371 g/mol. The van der Waals surface area contributed by atoms with Crippen LogP contribution in [0.15, 0.2) is 4.79 Å². The van der Waals surface area contributed by atoms with Crippen LogP contribution < -0.4 is 21.6 Å². The van der Waals surface area contributed by atoms with Crippen LogP contribution in [0, 0.1) is 0 Å². The number of H-pyrrole nitrogens is 2. The number of tetrazole rings is 1. The van der Waals surface area contributed by atoms with Gasteiger partial charge in [0.2, 0.25) is 0 Å². The smallest absolute Gasteiger partial charge is 0.330 e. The number of carbonyl (C=O) groups is 1. The number of carbonyl (C=O) groups excluding carboxylic acids is 1. The maximum atomic E-state index is 14.1. The number of aliphatic hydroxyl groups is 2. The molecule has 2 aromatic heterocycles. The molecular weight excluding hydrogens is 357 g/mol. The first-order valence-corrected chi connectivity index (χ1v) is 7.46. The molecule has 2 aliphatic rings. The van der Waals surface area contributed by atoms with Crippen molar-refractivity contribution in [3.63, 3.8) is 0 Å². The third-order valence-electron chi connectivity index (χ3n) is 4.19. The monoisotopic (exact) mass is 371 g/mol. The van der Waals surface area contributed by atoms with Crippen molar-refractivity contribution in [3.05, 3.63) is 16.2 Å². The Bertz CT molecular complexity index is 881. The Balaban J connectivity index is 1.88. The largest absolute Gasteiger partial charge is 0.394 e. The van der Waals surface area contributed by atoms with Gasteiger partial charge in [-0.2, -0.15) is 5.21 Å². The fourth-order valence-corrected chi connectivity index (χ4v) is 3.02. The number of ether oxygens (including phenoxy) is 1. The van der Waals surface area contributed by atoms with Crippen LogP contribution in [0.5, 0.6) is 0 Å². The van der Waals surface area contributed by atoms with E-state index < -0.39 is 49.1 Å². The summed E-state index contributed by atoms with van der Waals surface area (Å²) in [6.07, 6.45) is -7.73. The molecule has 2 aliphatic heterocycles. The zero-order valence-electron chi connectivity index (χ0n) is 12.9. The minimum atomic E-state index is -1.94. The van der Waals surface area contributed by atoms with E-state index in [2.05, 4.69) is 30.9 Å². The Morgan fingerprint density at radius 1 is 1.38 bits per heavy atom. The van der Waals surface area contributed by atoms with Gasteiger partial charge in [0.05, 0.1) is 6.61 Å². The van der Waals surface area contributed by atoms with Gasteiger partial charge in [-0.15, -0.1) is 5.10 Å². The third-order valence-corrected chi connectivity index (χ3v) is 4.19. The van der Waals surface area contributed by atoms with Crippen LogP contribution >= 0.6 is 0 Å². The van der Waals surface area contributed by atoms with Gasteiger partial charge in [0.15, 0.2) is 30.2 Å². The minimum Gasteiger partial charge on any atom is -0.394 e. The lowest BCUT2D eigenvalue weighted by Crippen LogP contribution is -2.57. The number of amides is 1. The van der Waals surface area contributed by atoms with Crippen LogP contribution in [-0.2, 0) is 4.74 Å². The van der Waals surface area contributed by atoms with Gasteiger partial charge in [-0.1, -0.05) is 5.10 Å². The van der Waals surface area contributed by atoms with Gasteiger partial charge >= 0.3 is 5.69 Å². The van der Waals surface area contributed by atoms with Gasteiger partial charge in [0.25, 0.3) is 11.9 Å². The topological polar surface area (TPSA) is 200 Å². The number of nitrogens with one attached hydrogen (secondary N) is 3. The number of hydrogen-bond acceptors (Lipinski definition) is 10. The molecule has 4 heterocycles. The standard InChI is InChI=1S/C11H14FN9O5/c12-3-2(1-22)26-8(5(3)23)20-7-4(14-11(20)25)6(24)15-9(13)21(7)10-16-18-19-17-10/h2-3,5,8-9,22-23H,1,13H2,(H,14,25)(H,15,24)(H,16,17,18,19)/t2-,3-,5-,8-,9?/m1/s1. The highest BCUT2D eigenvalue weighted by Crippen LogP contribution is 2.36. The summed E-state index contributed by atoms with van der Waals surface area (Å²) in [5, 5.41) is 34.8. The van der Waals surface area contributed by atoms with Crippen molar-refractivity contribution in [2.75, 3.05) is 11.5 Å². The molecule has 4 rings (SSSR count). The van der Waals surface area contributed by atoms with E-state index in [1.807, 2.05) is 0 Å². The highest BCUT2D eigenvalue weighted by Gasteiger charge is 2.48. The number of aliphatic hydroxyl groups excluding tert-OH is 2. The van der Waals surface area contributed by atoms with E-state index in [4.69, 9.17) is 15.6 Å². The van der Waals surface area contributed by atoms with Crippen molar-refractivity contribution in [3.8, 4) is 0 Å². The van der Waals surface area contributed by atoms with Crippen molar-refractivity contribution >= 4 is 17.7 Å². The molecule has 1 fully saturated rings. The summed E-state index contributed by atoms with van der Waals surface area (Å²) in [5.41, 5.74) is 4.83. The van der Waals surface area contributed by atoms with Gasteiger partial charge < -0.3 is 20.3 Å². The molecule has 14 nitrogen and oxygen atoms in total. The number of alkyl halides is 1. The van der Waals surface area contributed by atoms with E-state index in [0.717, 1.165) is 9.47 Å². The van der Waals surface area contributed by atoms with Crippen molar-refractivity contribution in [2.24, 2.45) is 5.73 Å². The van der Waals surface area contributed by atoms with Crippen LogP contribution in [0.2, 0.25) is 0 Å². The summed E-state index contributed by atoms with van der Waals surface area (Å²) in [6, 6.07) is 0. The number of hydrogen-bond donors (Lipinski definition) is 6. The Morgan fingerprint density at radius 3 is 2.77 bits per heavy atom. The lowest BCUT2D eigenvalue weighted by Gasteiger charge is -2.33. The quantitative estimate of drug-likeness (QED) is 0.313. The summed E-state index contributed by atoms with van der Waals surface area (Å²) < 4.78 is 20.2. The number of imidazole rings is 1. The molecule has 2 aromatic rings. The first-order chi connectivity index (χ1) is 12.4. The number of nitrogens with zero attached hydrogens (tertiary/aromatic N) is 5. The van der Waals surface area contributed by atoms with Crippen LogP contribution in [0.4, 0.5) is 16.2 Å². The second kappa shape index (κ2) is 5.84. The summed E-state index contributed by atoms with van der Waals surface area (Å²) in [7, 11) is 0. The van der Waals surface area contributed by atoms with Gasteiger partial charge in [0, 0.05) is 0 Å². The second-order valence-electron chi connectivity index (χ2n) is 5.68. The third kappa shape index (κ3) is 2.22. The number of nitrogens with two attached hydrogens (primary N) is 1. The molecule has 7 N–H and O–H groups in total. The van der Waals surface area contributed by atoms with Crippen LogP contribution in [0.3, 0.4) is 0 Å². The highest BCUT2D eigenvalue weighted by molar-refractivity contribution is 6.00. The minimum absolute atomic E-state index is 0.0884. The number of aromatic nitrogens is 6. The molecule has 0 spiro atoms. The van der Waals surface area contributed by atoms with Gasteiger partial charge in [-0.3, -0.25) is 20.4 Å². The van der Waals surface area contributed by atoms with Crippen molar-refractivity contribution in [2.45, 2.75) is 30.9 Å². The lowest BCUT2D eigenvalue weighted by atomic mass is 10.1. The van der Waals surface area contributed by atoms with Gasteiger partial charge in [0.1, 0.15) is 12.2 Å². The predicted molar refractivity (Wildman–Crippen MR) is 78.7 cm³/mol. The summed E-state index contributed by atoms with van der Waals surface area (Å²) >= 11 is 0. The SMILES string of the molecule is NC1NC(=O)c2[nH]c(=O)n([C@@H]3O[C@H](CO)[C@@H](F)[C@H]3O)c2N1c1nn[nH]n1. The first-order valence-electron chi connectivity index (χ1n) is 7.46. The van der Waals surface area contributed by atoms with Crippen LogP contribution in [0.25, 0.3) is 0 Å². The predicted octanol–water partition coefficient (Wildman–Crippen LogP) is -3.60. The average Bonchev–Trinajstić information content (AvgIpc) is 3.29. The normalized spacial score (nSPS) is 31.2. The summed E-state index contributed by atoms with van der Waals surface area (Å²) in [5.74, 6) is -0.928. The number of halogens is 1. The van der Waals surface area contributed by atoms with Gasteiger partial charge in [-0.05, 0) is 5.21 Å². The molecule has 0 aliphatic carbocycles. The molecule has 0 bridgehead atoms. The van der Waals surface area contributed by atoms with E-state index in [0.29, 0.717) is 0 Å². The molecule has 140 valence electrons. The summed E-state index contributed by atoms with van der Waals surface area (Å²) in [6.45, 7) is -0.704. The maximum absolute atomic E-state index is 14.1. The molecule has 15 heteroatoms. The molecule has 1 amide bonds. The number of anilines is 2. The molecule has 1 unspecified atom stereocenters. The van der Waals surface area contributed by atoms with Gasteiger partial charge in [-0.25, -0.2) is 13.8 Å². The first kappa shape index (κ1) is 16.6. The highest BCUT2D eigenvalue weighted by atomic mass is 19.1. The van der Waals surface area contributed by atoms with E-state index in [-0.39, 0.29) is 17.5 Å². The Kier molecular flexibility index (Phi) is 3.72. The summed E-state index contributed by atoms with van der Waals surface area (Å²) in [4.78, 5) is 28.1. The maximum Gasteiger partial charge on any atom is 0.330 e. The lowest BCUT2D eigenvalue weighted by molar-refractivity contribution is -0.0522. The fraction of sp³-hybridized carbons (Fsp3) is 0.545. The molecule has 26 heavy (non-hydrogen) atoms. The van der Waals surface area contributed by atoms with Crippen molar-refractivity contribution in [1.82, 2.24) is 35.5 Å². The zero-order chi connectivity index (χ0) is 18.6. The fourth-order valence-electron chi connectivity index (χ4n) is 3.02. The van der Waals surface area contributed by atoms with Crippen molar-refractivity contribution < 1.29 is 24.1 Å². The number of rotatable bonds is 3. The molecule has 0 radical (unpaired) electrons. The van der Waals surface area contributed by atoms with E-state index in [1.165, 1.54) is 0 Å². The van der Waals surface area contributed by atoms with E-state index in [1.54, 1.807) is 0 Å². The van der Waals surface area contributed by atoms with E-state index in [9.17, 15) is 19.1 Å². The van der Waals surface area contributed by atoms with Crippen molar-refractivity contribution in [1.29, 1.82) is 0 Å². The Hall–Kier alpha value is -2.88. The number of fused-ring (bicyclic) bond motifs is 1.